The van der Waals surface area contributed by atoms with Crippen LogP contribution in [0.3, 0.4) is 0 Å². The molecule has 0 aromatic heterocycles. The van der Waals surface area contributed by atoms with Gasteiger partial charge in [0.15, 0.2) is 0 Å². The van der Waals surface area contributed by atoms with Crippen LogP contribution < -0.4 is 5.32 Å². The molecular formula is C11H9F6NO2. The molecular weight excluding hydrogens is 292 g/mol. The van der Waals surface area contributed by atoms with Crippen molar-refractivity contribution in [3.63, 3.8) is 0 Å². The fraction of sp³-hybridized carbons (Fsp3) is 0.364. The summed E-state index contributed by atoms with van der Waals surface area (Å²) in [5.41, 5.74) is -3.36. The smallest absolute Gasteiger partial charge is 0.416 e. The molecule has 0 heterocycles. The minimum absolute atomic E-state index is 0.00823. The Morgan fingerprint density at radius 2 is 1.75 bits per heavy atom. The zero-order chi connectivity index (χ0) is 15.6. The average Bonchev–Trinajstić information content (AvgIpc) is 2.33. The van der Waals surface area contributed by atoms with E-state index in [4.69, 9.17) is 0 Å². The van der Waals surface area contributed by atoms with Crippen molar-refractivity contribution in [3.05, 3.63) is 34.9 Å². The van der Waals surface area contributed by atoms with E-state index in [1.165, 1.54) is 0 Å². The number of ether oxygens (including phenoxy) is 1. The number of methoxy groups -OCH3 is 1. The Morgan fingerprint density at radius 1 is 1.15 bits per heavy atom. The van der Waals surface area contributed by atoms with Crippen LogP contribution in [0.4, 0.5) is 31.1 Å². The molecule has 0 radical (unpaired) electrons. The monoisotopic (exact) mass is 301 g/mol. The largest absolute Gasteiger partial charge is 0.453 e. The van der Waals surface area contributed by atoms with E-state index in [0.717, 1.165) is 7.11 Å². The quantitative estimate of drug-likeness (QED) is 0.848. The minimum atomic E-state index is -4.96. The fourth-order valence-electron chi connectivity index (χ4n) is 1.41. The van der Waals surface area contributed by atoms with Crippen molar-refractivity contribution < 1.29 is 35.9 Å². The van der Waals surface area contributed by atoms with Gasteiger partial charge in [0.2, 0.25) is 0 Å². The van der Waals surface area contributed by atoms with E-state index in [2.05, 4.69) is 4.74 Å². The van der Waals surface area contributed by atoms with Crippen molar-refractivity contribution in [3.8, 4) is 0 Å². The lowest BCUT2D eigenvalue weighted by molar-refractivity contribution is -0.143. The number of alkyl carbamates (subject to hydrolysis) is 1. The number of hydrogen-bond acceptors (Lipinski definition) is 2. The molecule has 1 rings (SSSR count). The normalized spacial score (nSPS) is 12.2. The van der Waals surface area contributed by atoms with Gasteiger partial charge in [0.25, 0.3) is 0 Å². The van der Waals surface area contributed by atoms with E-state index in [0.29, 0.717) is 12.1 Å². The molecule has 3 nitrogen and oxygen atoms in total. The molecule has 1 N–H and O–H groups in total. The molecule has 0 spiro atoms. The highest BCUT2D eigenvalue weighted by Gasteiger charge is 2.38. The number of rotatable bonds is 2. The number of halogens is 6. The summed E-state index contributed by atoms with van der Waals surface area (Å²) in [5, 5.41) is 1.98. The minimum Gasteiger partial charge on any atom is -0.453 e. The maximum atomic E-state index is 12.7. The predicted molar refractivity (Wildman–Crippen MR) is 55.7 cm³/mol. The average molecular weight is 301 g/mol. The van der Waals surface area contributed by atoms with Gasteiger partial charge in [-0.3, -0.25) is 0 Å². The van der Waals surface area contributed by atoms with Crippen LogP contribution in [0, 0.1) is 0 Å². The maximum absolute atomic E-state index is 12.7. The van der Waals surface area contributed by atoms with Gasteiger partial charge in [-0.25, -0.2) is 4.79 Å². The highest BCUT2D eigenvalue weighted by atomic mass is 19.4. The van der Waals surface area contributed by atoms with Gasteiger partial charge in [0.05, 0.1) is 18.2 Å². The molecule has 0 fully saturated rings. The first-order valence-electron chi connectivity index (χ1n) is 5.15. The van der Waals surface area contributed by atoms with Crippen molar-refractivity contribution in [2.75, 3.05) is 7.11 Å². The zero-order valence-corrected chi connectivity index (χ0v) is 10.0. The van der Waals surface area contributed by atoms with Gasteiger partial charge in [0.1, 0.15) is 0 Å². The van der Waals surface area contributed by atoms with Gasteiger partial charge in [0, 0.05) is 6.54 Å². The van der Waals surface area contributed by atoms with E-state index in [9.17, 15) is 31.1 Å². The van der Waals surface area contributed by atoms with Crippen LogP contribution in [0.2, 0.25) is 0 Å². The first-order valence-corrected chi connectivity index (χ1v) is 5.15. The van der Waals surface area contributed by atoms with Crippen LogP contribution in [0.5, 0.6) is 0 Å². The molecule has 20 heavy (non-hydrogen) atoms. The van der Waals surface area contributed by atoms with E-state index >= 15 is 0 Å². The highest BCUT2D eigenvalue weighted by Crippen LogP contribution is 2.37. The van der Waals surface area contributed by atoms with E-state index in [1.54, 1.807) is 0 Å². The van der Waals surface area contributed by atoms with Gasteiger partial charge in [-0.2, -0.15) is 26.3 Å². The van der Waals surface area contributed by atoms with Crippen LogP contribution in [0.15, 0.2) is 18.2 Å². The Hall–Kier alpha value is -1.93. The topological polar surface area (TPSA) is 38.3 Å². The van der Waals surface area contributed by atoms with Gasteiger partial charge in [-0.1, -0.05) is 6.07 Å². The molecule has 0 saturated carbocycles. The summed E-state index contributed by atoms with van der Waals surface area (Å²) >= 11 is 0. The number of nitrogens with one attached hydrogen (secondary N) is 1. The van der Waals surface area contributed by atoms with Gasteiger partial charge >= 0.3 is 18.4 Å². The number of carbonyl (C=O) groups excluding carboxylic acids is 1. The molecule has 0 saturated heterocycles. The van der Waals surface area contributed by atoms with Crippen molar-refractivity contribution in [2.24, 2.45) is 0 Å². The Kier molecular flexibility index (Phi) is 4.51. The lowest BCUT2D eigenvalue weighted by Crippen LogP contribution is -2.24. The molecule has 0 unspecified atom stereocenters. The Morgan fingerprint density at radius 3 is 2.20 bits per heavy atom. The predicted octanol–water partition coefficient (Wildman–Crippen LogP) is 3.58. The number of benzene rings is 1. The second kappa shape index (κ2) is 5.59. The van der Waals surface area contributed by atoms with Crippen LogP contribution in [0.1, 0.15) is 16.7 Å². The van der Waals surface area contributed by atoms with E-state index in [1.807, 2.05) is 5.32 Å². The van der Waals surface area contributed by atoms with Gasteiger partial charge in [-0.05, 0) is 17.7 Å². The van der Waals surface area contributed by atoms with Gasteiger partial charge in [-0.15, -0.1) is 0 Å². The van der Waals surface area contributed by atoms with Crippen LogP contribution >= 0.6 is 0 Å². The van der Waals surface area contributed by atoms with Crippen molar-refractivity contribution >= 4 is 6.09 Å². The summed E-state index contributed by atoms with van der Waals surface area (Å²) in [6, 6.07) is 1.19. The molecule has 1 aromatic rings. The second-order valence-corrected chi connectivity index (χ2v) is 3.71. The first-order chi connectivity index (χ1) is 9.05. The molecule has 1 amide bonds. The van der Waals surface area contributed by atoms with Gasteiger partial charge < -0.3 is 10.1 Å². The van der Waals surface area contributed by atoms with Crippen molar-refractivity contribution in [2.45, 2.75) is 18.9 Å². The summed E-state index contributed by atoms with van der Waals surface area (Å²) in [5.74, 6) is 0. The number of carbonyl (C=O) groups is 1. The number of alkyl halides is 6. The van der Waals surface area contributed by atoms with Crippen molar-refractivity contribution in [1.29, 1.82) is 0 Å². The summed E-state index contributed by atoms with van der Waals surface area (Å²) in [7, 11) is 1.01. The third kappa shape index (κ3) is 4.04. The van der Waals surface area contributed by atoms with Crippen molar-refractivity contribution in [1.82, 2.24) is 5.32 Å². The third-order valence-electron chi connectivity index (χ3n) is 2.35. The zero-order valence-electron chi connectivity index (χ0n) is 10.0. The standard InChI is InChI=1S/C11H9F6NO2/c1-20-9(19)18-5-6-2-3-7(10(12,13)14)4-8(6)11(15,16)17/h2-4H,5H2,1H3,(H,18,19). The molecule has 112 valence electrons. The fourth-order valence-corrected chi connectivity index (χ4v) is 1.41. The first kappa shape index (κ1) is 16.1. The number of amides is 1. The third-order valence-corrected chi connectivity index (χ3v) is 2.35. The molecule has 0 aliphatic rings. The van der Waals surface area contributed by atoms with E-state index in [-0.39, 0.29) is 6.07 Å². The highest BCUT2D eigenvalue weighted by molar-refractivity contribution is 5.67. The number of hydrogen-bond donors (Lipinski definition) is 1. The molecule has 0 bridgehead atoms. The molecule has 1 aromatic carbocycles. The van der Waals surface area contributed by atoms with E-state index < -0.39 is 41.7 Å². The van der Waals surface area contributed by atoms with Crippen LogP contribution in [-0.4, -0.2) is 13.2 Å². The molecule has 9 heteroatoms. The molecule has 0 atom stereocenters. The molecule has 0 aliphatic heterocycles. The summed E-state index contributed by atoms with van der Waals surface area (Å²) < 4.78 is 79.5. The second-order valence-electron chi connectivity index (χ2n) is 3.71. The Bertz CT molecular complexity index is 495. The molecule has 0 aliphatic carbocycles. The Balaban J connectivity index is 3.15. The van der Waals surface area contributed by atoms with Crippen LogP contribution in [-0.2, 0) is 23.6 Å². The Labute approximate surface area is 109 Å². The summed E-state index contributed by atoms with van der Waals surface area (Å²) in [4.78, 5) is 10.8. The lowest BCUT2D eigenvalue weighted by atomic mass is 10.0. The maximum Gasteiger partial charge on any atom is 0.416 e. The summed E-state index contributed by atoms with van der Waals surface area (Å²) in [6.45, 7) is -0.598. The summed E-state index contributed by atoms with van der Waals surface area (Å²) in [6.07, 6.45) is -10.8. The lowest BCUT2D eigenvalue weighted by Gasteiger charge is -2.16. The SMILES string of the molecule is COC(=O)NCc1ccc(C(F)(F)F)cc1C(F)(F)F. The van der Waals surface area contributed by atoms with Crippen LogP contribution in [0.25, 0.3) is 0 Å².